The SMILES string of the molecule is CC(=O)O[C@H](CBr)Cc1cc(C)ccc1O. The van der Waals surface area contributed by atoms with E-state index in [2.05, 4.69) is 15.9 Å². The van der Waals surface area contributed by atoms with E-state index in [0.717, 1.165) is 11.1 Å². The van der Waals surface area contributed by atoms with Crippen LogP contribution in [0.1, 0.15) is 18.1 Å². The quantitative estimate of drug-likeness (QED) is 0.684. The van der Waals surface area contributed by atoms with Gasteiger partial charge in [-0.25, -0.2) is 0 Å². The van der Waals surface area contributed by atoms with Crippen LogP contribution in [0.2, 0.25) is 0 Å². The third kappa shape index (κ3) is 3.85. The minimum atomic E-state index is -0.309. The van der Waals surface area contributed by atoms with E-state index in [9.17, 15) is 9.90 Å². The number of carbonyl (C=O) groups excluding carboxylic acids is 1. The number of phenols is 1. The minimum Gasteiger partial charge on any atom is -0.508 e. The Kier molecular flexibility index (Phi) is 4.80. The average molecular weight is 287 g/mol. The molecule has 0 amide bonds. The molecular formula is C12H15BrO3. The Balaban J connectivity index is 2.77. The molecule has 0 bridgehead atoms. The van der Waals surface area contributed by atoms with Crippen molar-refractivity contribution in [2.75, 3.05) is 5.33 Å². The molecule has 0 aliphatic rings. The summed E-state index contributed by atoms with van der Waals surface area (Å²) in [6.45, 7) is 3.34. The van der Waals surface area contributed by atoms with Crippen LogP contribution in [0.5, 0.6) is 5.75 Å². The number of hydrogen-bond donors (Lipinski definition) is 1. The number of halogens is 1. The van der Waals surface area contributed by atoms with Crippen molar-refractivity contribution in [2.45, 2.75) is 26.4 Å². The van der Waals surface area contributed by atoms with Gasteiger partial charge in [0.2, 0.25) is 0 Å². The van der Waals surface area contributed by atoms with Gasteiger partial charge in [0.1, 0.15) is 11.9 Å². The van der Waals surface area contributed by atoms with Crippen molar-refractivity contribution in [1.29, 1.82) is 0 Å². The lowest BCUT2D eigenvalue weighted by Gasteiger charge is -2.15. The summed E-state index contributed by atoms with van der Waals surface area (Å²) in [5.74, 6) is -0.0692. The number of benzene rings is 1. The first-order valence-corrected chi connectivity index (χ1v) is 6.16. The molecule has 0 saturated carbocycles. The summed E-state index contributed by atoms with van der Waals surface area (Å²) in [5.41, 5.74) is 1.87. The van der Waals surface area contributed by atoms with Crippen molar-refractivity contribution < 1.29 is 14.6 Å². The number of aryl methyl sites for hydroxylation is 1. The lowest BCUT2D eigenvalue weighted by molar-refractivity contribution is -0.145. The number of phenolic OH excluding ortho intramolecular Hbond substituents is 1. The molecule has 0 aliphatic heterocycles. The number of aromatic hydroxyl groups is 1. The van der Waals surface area contributed by atoms with Gasteiger partial charge < -0.3 is 9.84 Å². The topological polar surface area (TPSA) is 46.5 Å². The molecule has 3 nitrogen and oxygen atoms in total. The molecule has 1 aromatic rings. The zero-order chi connectivity index (χ0) is 12.1. The first-order valence-electron chi connectivity index (χ1n) is 5.04. The first-order chi connectivity index (χ1) is 7.52. The van der Waals surface area contributed by atoms with Crippen molar-refractivity contribution in [3.63, 3.8) is 0 Å². The lowest BCUT2D eigenvalue weighted by Crippen LogP contribution is -2.20. The summed E-state index contributed by atoms with van der Waals surface area (Å²) in [6.07, 6.45) is 0.267. The Bertz CT molecular complexity index is 377. The second-order valence-electron chi connectivity index (χ2n) is 3.72. The second kappa shape index (κ2) is 5.89. The van der Waals surface area contributed by atoms with Crippen molar-refractivity contribution in [3.05, 3.63) is 29.3 Å². The van der Waals surface area contributed by atoms with Gasteiger partial charge in [0.15, 0.2) is 0 Å². The van der Waals surface area contributed by atoms with Crippen molar-refractivity contribution in [1.82, 2.24) is 0 Å². The molecule has 0 aliphatic carbocycles. The van der Waals surface area contributed by atoms with Gasteiger partial charge in [0.25, 0.3) is 0 Å². The van der Waals surface area contributed by atoms with E-state index in [0.29, 0.717) is 11.8 Å². The number of hydrogen-bond acceptors (Lipinski definition) is 3. The Morgan fingerprint density at radius 3 is 2.81 bits per heavy atom. The van der Waals surface area contributed by atoms with E-state index in [1.807, 2.05) is 19.1 Å². The van der Waals surface area contributed by atoms with E-state index in [-0.39, 0.29) is 17.8 Å². The zero-order valence-electron chi connectivity index (χ0n) is 9.37. The molecule has 1 atom stereocenters. The van der Waals surface area contributed by atoms with Crippen LogP contribution in [-0.4, -0.2) is 22.5 Å². The summed E-state index contributed by atoms with van der Waals surface area (Å²) in [7, 11) is 0. The molecule has 0 saturated heterocycles. The highest BCUT2D eigenvalue weighted by Crippen LogP contribution is 2.21. The van der Waals surface area contributed by atoms with Crippen LogP contribution in [0.4, 0.5) is 0 Å². The van der Waals surface area contributed by atoms with Crippen LogP contribution < -0.4 is 0 Å². The molecule has 1 aromatic carbocycles. The highest BCUT2D eigenvalue weighted by molar-refractivity contribution is 9.09. The van der Waals surface area contributed by atoms with E-state index >= 15 is 0 Å². The van der Waals surface area contributed by atoms with Gasteiger partial charge in [0.05, 0.1) is 0 Å². The Morgan fingerprint density at radius 2 is 2.25 bits per heavy atom. The third-order valence-electron chi connectivity index (χ3n) is 2.19. The highest BCUT2D eigenvalue weighted by atomic mass is 79.9. The average Bonchev–Trinajstić information content (AvgIpc) is 2.21. The zero-order valence-corrected chi connectivity index (χ0v) is 11.0. The summed E-state index contributed by atoms with van der Waals surface area (Å²) in [4.78, 5) is 10.8. The molecule has 1 rings (SSSR count). The largest absolute Gasteiger partial charge is 0.508 e. The van der Waals surface area contributed by atoms with Crippen LogP contribution >= 0.6 is 15.9 Å². The summed E-state index contributed by atoms with van der Waals surface area (Å²) < 4.78 is 5.10. The molecule has 0 unspecified atom stereocenters. The van der Waals surface area contributed by atoms with Gasteiger partial charge in [-0.2, -0.15) is 0 Å². The normalized spacial score (nSPS) is 12.2. The standard InChI is InChI=1S/C12H15BrO3/c1-8-3-4-12(15)10(5-8)6-11(7-13)16-9(2)14/h3-5,11,15H,6-7H2,1-2H3/t11-/m0/s1. The first kappa shape index (κ1) is 13.0. The van der Waals surface area contributed by atoms with Crippen LogP contribution in [0.25, 0.3) is 0 Å². The van der Waals surface area contributed by atoms with Crippen molar-refractivity contribution >= 4 is 21.9 Å². The monoisotopic (exact) mass is 286 g/mol. The number of ether oxygens (including phenoxy) is 1. The molecule has 0 spiro atoms. The van der Waals surface area contributed by atoms with Gasteiger partial charge in [-0.15, -0.1) is 0 Å². The molecule has 0 radical (unpaired) electrons. The predicted octanol–water partition coefficient (Wildman–Crippen LogP) is 2.57. The molecule has 4 heteroatoms. The number of alkyl halides is 1. The van der Waals surface area contributed by atoms with Gasteiger partial charge in [-0.3, -0.25) is 4.79 Å². The molecule has 1 N–H and O–H groups in total. The fourth-order valence-electron chi connectivity index (χ4n) is 1.49. The fraction of sp³-hybridized carbons (Fsp3) is 0.417. The molecule has 0 heterocycles. The fourth-order valence-corrected chi connectivity index (χ4v) is 1.85. The van der Waals surface area contributed by atoms with E-state index in [4.69, 9.17) is 4.74 Å². The Morgan fingerprint density at radius 1 is 1.56 bits per heavy atom. The van der Waals surface area contributed by atoms with Gasteiger partial charge >= 0.3 is 5.97 Å². The number of rotatable bonds is 4. The van der Waals surface area contributed by atoms with Crippen LogP contribution in [0.3, 0.4) is 0 Å². The molecule has 0 aromatic heterocycles. The van der Waals surface area contributed by atoms with E-state index in [1.165, 1.54) is 6.92 Å². The number of carbonyl (C=O) groups is 1. The van der Waals surface area contributed by atoms with E-state index in [1.54, 1.807) is 6.07 Å². The number of esters is 1. The summed E-state index contributed by atoms with van der Waals surface area (Å²) >= 11 is 3.29. The van der Waals surface area contributed by atoms with Gasteiger partial charge in [0, 0.05) is 18.7 Å². The maximum Gasteiger partial charge on any atom is 0.302 e. The third-order valence-corrected chi connectivity index (χ3v) is 2.91. The molecular weight excluding hydrogens is 272 g/mol. The van der Waals surface area contributed by atoms with E-state index < -0.39 is 0 Å². The predicted molar refractivity (Wildman–Crippen MR) is 65.9 cm³/mol. The molecule has 0 fully saturated rings. The van der Waals surface area contributed by atoms with Crippen molar-refractivity contribution in [3.8, 4) is 5.75 Å². The van der Waals surface area contributed by atoms with Gasteiger partial charge in [-0.05, 0) is 18.6 Å². The van der Waals surface area contributed by atoms with Crippen LogP contribution in [0.15, 0.2) is 18.2 Å². The summed E-state index contributed by atoms with van der Waals surface area (Å²) in [5, 5.41) is 10.2. The van der Waals surface area contributed by atoms with Gasteiger partial charge in [-0.1, -0.05) is 33.6 Å². The summed E-state index contributed by atoms with van der Waals surface area (Å²) in [6, 6.07) is 5.39. The highest BCUT2D eigenvalue weighted by Gasteiger charge is 2.13. The Hall–Kier alpha value is -1.03. The molecule has 88 valence electrons. The smallest absolute Gasteiger partial charge is 0.302 e. The maximum absolute atomic E-state index is 10.8. The maximum atomic E-state index is 10.8. The molecule has 16 heavy (non-hydrogen) atoms. The van der Waals surface area contributed by atoms with Crippen molar-refractivity contribution in [2.24, 2.45) is 0 Å². The lowest BCUT2D eigenvalue weighted by atomic mass is 10.0. The minimum absolute atomic E-state index is 0.240. The second-order valence-corrected chi connectivity index (χ2v) is 4.37. The Labute approximate surface area is 104 Å². The van der Waals surface area contributed by atoms with Crippen LogP contribution in [-0.2, 0) is 16.0 Å². The van der Waals surface area contributed by atoms with Crippen LogP contribution in [0, 0.1) is 6.92 Å².